The molecule has 134 valence electrons. The van der Waals surface area contributed by atoms with Gasteiger partial charge in [-0.3, -0.25) is 4.90 Å². The fraction of sp³-hybridized carbons (Fsp3) is 0.684. The van der Waals surface area contributed by atoms with Gasteiger partial charge in [0, 0.05) is 44.4 Å². The van der Waals surface area contributed by atoms with Crippen molar-refractivity contribution in [3.8, 4) is 17.2 Å². The second-order valence-electron chi connectivity index (χ2n) is 6.72. The summed E-state index contributed by atoms with van der Waals surface area (Å²) in [7, 11) is 5.15. The Morgan fingerprint density at radius 3 is 2.04 bits per heavy atom. The van der Waals surface area contributed by atoms with Gasteiger partial charge in [-0.25, -0.2) is 0 Å². The summed E-state index contributed by atoms with van der Waals surface area (Å²) in [6, 6.07) is 4.33. The van der Waals surface area contributed by atoms with E-state index in [2.05, 4.69) is 10.2 Å². The van der Waals surface area contributed by atoms with Gasteiger partial charge in [-0.05, 0) is 18.8 Å². The quantitative estimate of drug-likeness (QED) is 0.866. The minimum Gasteiger partial charge on any atom is -0.496 e. The molecule has 0 spiro atoms. The number of piperazine rings is 1. The van der Waals surface area contributed by atoms with Crippen LogP contribution >= 0.6 is 0 Å². The Morgan fingerprint density at radius 2 is 1.54 bits per heavy atom. The molecule has 1 N–H and O–H groups in total. The molecule has 24 heavy (non-hydrogen) atoms. The highest BCUT2D eigenvalue weighted by molar-refractivity contribution is 5.52. The predicted octanol–water partition coefficient (Wildman–Crippen LogP) is 2.85. The van der Waals surface area contributed by atoms with Gasteiger partial charge in [0.1, 0.15) is 17.2 Å². The molecule has 1 aromatic rings. The minimum absolute atomic E-state index is 0.352. The SMILES string of the molecule is COc1cc(OC)c([C@H](C2CCCC2)N2CCNCC2)c(OC)c1. The zero-order chi connectivity index (χ0) is 16.9. The summed E-state index contributed by atoms with van der Waals surface area (Å²) < 4.78 is 16.9. The summed E-state index contributed by atoms with van der Waals surface area (Å²) in [6.45, 7) is 4.23. The third-order valence-electron chi connectivity index (χ3n) is 5.44. The van der Waals surface area contributed by atoms with Crippen LogP contribution in [0.3, 0.4) is 0 Å². The lowest BCUT2D eigenvalue weighted by molar-refractivity contribution is 0.120. The van der Waals surface area contributed by atoms with Gasteiger partial charge in [0.25, 0.3) is 0 Å². The van der Waals surface area contributed by atoms with E-state index in [1.54, 1.807) is 21.3 Å². The first-order valence-corrected chi connectivity index (χ1v) is 9.03. The Hall–Kier alpha value is -1.46. The van der Waals surface area contributed by atoms with E-state index in [1.165, 1.54) is 31.2 Å². The van der Waals surface area contributed by atoms with Crippen molar-refractivity contribution in [1.82, 2.24) is 10.2 Å². The van der Waals surface area contributed by atoms with E-state index in [9.17, 15) is 0 Å². The summed E-state index contributed by atoms with van der Waals surface area (Å²) in [6.07, 6.45) is 5.22. The van der Waals surface area contributed by atoms with E-state index in [1.807, 2.05) is 12.1 Å². The summed E-state index contributed by atoms with van der Waals surface area (Å²) in [5, 5.41) is 3.46. The molecule has 3 rings (SSSR count). The monoisotopic (exact) mass is 334 g/mol. The fourth-order valence-electron chi connectivity index (χ4n) is 4.27. The van der Waals surface area contributed by atoms with Crippen LogP contribution in [-0.2, 0) is 0 Å². The number of hydrogen-bond acceptors (Lipinski definition) is 5. The van der Waals surface area contributed by atoms with Gasteiger partial charge < -0.3 is 19.5 Å². The molecule has 0 amide bonds. The van der Waals surface area contributed by atoms with Gasteiger partial charge >= 0.3 is 0 Å². The Morgan fingerprint density at radius 1 is 0.958 bits per heavy atom. The van der Waals surface area contributed by atoms with Crippen LogP contribution < -0.4 is 19.5 Å². The molecule has 5 heteroatoms. The van der Waals surface area contributed by atoms with E-state index in [4.69, 9.17) is 14.2 Å². The maximum Gasteiger partial charge on any atom is 0.131 e. The van der Waals surface area contributed by atoms with Crippen molar-refractivity contribution >= 4 is 0 Å². The average molecular weight is 334 g/mol. The fourth-order valence-corrected chi connectivity index (χ4v) is 4.27. The molecule has 0 bridgehead atoms. The molecule has 1 saturated carbocycles. The van der Waals surface area contributed by atoms with Crippen LogP contribution in [0, 0.1) is 5.92 Å². The van der Waals surface area contributed by atoms with E-state index in [-0.39, 0.29) is 0 Å². The molecular weight excluding hydrogens is 304 g/mol. The second kappa shape index (κ2) is 8.08. The topological polar surface area (TPSA) is 43.0 Å². The first-order chi connectivity index (χ1) is 11.8. The molecule has 1 saturated heterocycles. The summed E-state index contributed by atoms with van der Waals surface area (Å²) in [5.74, 6) is 3.19. The third kappa shape index (κ3) is 3.47. The number of methoxy groups -OCH3 is 3. The van der Waals surface area contributed by atoms with Crippen molar-refractivity contribution < 1.29 is 14.2 Å². The zero-order valence-electron chi connectivity index (χ0n) is 15.1. The highest BCUT2D eigenvalue weighted by Gasteiger charge is 2.36. The zero-order valence-corrected chi connectivity index (χ0v) is 15.1. The number of ether oxygens (including phenoxy) is 3. The molecule has 2 fully saturated rings. The van der Waals surface area contributed by atoms with E-state index < -0.39 is 0 Å². The van der Waals surface area contributed by atoms with Crippen LogP contribution in [0.4, 0.5) is 0 Å². The summed E-state index contributed by atoms with van der Waals surface area (Å²) in [5.41, 5.74) is 1.19. The molecule has 1 heterocycles. The highest BCUT2D eigenvalue weighted by Crippen LogP contribution is 2.47. The molecule has 5 nitrogen and oxygen atoms in total. The van der Waals surface area contributed by atoms with E-state index in [0.29, 0.717) is 12.0 Å². The van der Waals surface area contributed by atoms with Crippen molar-refractivity contribution in [3.05, 3.63) is 17.7 Å². The van der Waals surface area contributed by atoms with Crippen LogP contribution in [0.15, 0.2) is 12.1 Å². The maximum atomic E-state index is 5.76. The molecule has 1 aliphatic carbocycles. The Balaban J connectivity index is 2.05. The van der Waals surface area contributed by atoms with Gasteiger partial charge in [0.15, 0.2) is 0 Å². The lowest BCUT2D eigenvalue weighted by Gasteiger charge is -2.39. The van der Waals surface area contributed by atoms with Gasteiger partial charge in [0.05, 0.1) is 26.9 Å². The van der Waals surface area contributed by atoms with Crippen LogP contribution in [0.1, 0.15) is 37.3 Å². The van der Waals surface area contributed by atoms with E-state index in [0.717, 1.165) is 43.4 Å². The molecule has 1 aromatic carbocycles. The first-order valence-electron chi connectivity index (χ1n) is 9.03. The van der Waals surface area contributed by atoms with Gasteiger partial charge in [-0.1, -0.05) is 12.8 Å². The standard InChI is InChI=1S/C19H30N2O3/c1-22-15-12-16(23-2)18(17(13-15)24-3)19(14-6-4-5-7-14)21-10-8-20-9-11-21/h12-14,19-20H,4-11H2,1-3H3/t19-/m0/s1. The van der Waals surface area contributed by atoms with Gasteiger partial charge in [-0.15, -0.1) is 0 Å². The number of rotatable bonds is 6. The first kappa shape index (κ1) is 17.4. The van der Waals surface area contributed by atoms with Crippen molar-refractivity contribution in [1.29, 1.82) is 0 Å². The maximum absolute atomic E-state index is 5.76. The molecule has 2 aliphatic rings. The van der Waals surface area contributed by atoms with Crippen LogP contribution in [-0.4, -0.2) is 52.4 Å². The predicted molar refractivity (Wildman–Crippen MR) is 95.2 cm³/mol. The van der Waals surface area contributed by atoms with Crippen LogP contribution in [0.25, 0.3) is 0 Å². The van der Waals surface area contributed by atoms with Crippen LogP contribution in [0.5, 0.6) is 17.2 Å². The number of nitrogens with zero attached hydrogens (tertiary/aromatic N) is 1. The molecule has 1 aliphatic heterocycles. The minimum atomic E-state index is 0.352. The number of benzene rings is 1. The van der Waals surface area contributed by atoms with Gasteiger partial charge in [0.2, 0.25) is 0 Å². The van der Waals surface area contributed by atoms with Crippen LogP contribution in [0.2, 0.25) is 0 Å². The third-order valence-corrected chi connectivity index (χ3v) is 5.44. The summed E-state index contributed by atoms with van der Waals surface area (Å²) in [4.78, 5) is 2.61. The molecule has 0 aromatic heterocycles. The molecule has 0 radical (unpaired) electrons. The normalized spacial score (nSPS) is 20.8. The number of nitrogens with one attached hydrogen (secondary N) is 1. The van der Waals surface area contributed by atoms with Crippen molar-refractivity contribution in [2.75, 3.05) is 47.5 Å². The smallest absolute Gasteiger partial charge is 0.131 e. The average Bonchev–Trinajstić information content (AvgIpc) is 3.17. The van der Waals surface area contributed by atoms with Crippen molar-refractivity contribution in [2.45, 2.75) is 31.7 Å². The Labute approximate surface area is 145 Å². The highest BCUT2D eigenvalue weighted by atomic mass is 16.5. The molecular formula is C19H30N2O3. The lowest BCUT2D eigenvalue weighted by atomic mass is 9.88. The largest absolute Gasteiger partial charge is 0.496 e. The molecule has 0 unspecified atom stereocenters. The Kier molecular flexibility index (Phi) is 5.85. The van der Waals surface area contributed by atoms with Crippen molar-refractivity contribution in [3.63, 3.8) is 0 Å². The van der Waals surface area contributed by atoms with Gasteiger partial charge in [-0.2, -0.15) is 0 Å². The molecule has 1 atom stereocenters. The summed E-state index contributed by atoms with van der Waals surface area (Å²) >= 11 is 0. The van der Waals surface area contributed by atoms with E-state index >= 15 is 0 Å². The Bertz CT molecular complexity index is 512. The second-order valence-corrected chi connectivity index (χ2v) is 6.72. The van der Waals surface area contributed by atoms with Crippen molar-refractivity contribution in [2.24, 2.45) is 5.92 Å². The lowest BCUT2D eigenvalue weighted by Crippen LogP contribution is -2.46. The number of hydrogen-bond donors (Lipinski definition) is 1.